The highest BCUT2D eigenvalue weighted by Crippen LogP contribution is 2.36. The number of rotatable bonds is 11. The predicted molar refractivity (Wildman–Crippen MR) is 110 cm³/mol. The zero-order chi connectivity index (χ0) is 22.9. The van der Waals surface area contributed by atoms with Crippen LogP contribution in [0.15, 0.2) is 48.6 Å². The van der Waals surface area contributed by atoms with Gasteiger partial charge in [0.25, 0.3) is 0 Å². The Balaban J connectivity index is 1.80. The first kappa shape index (κ1) is 24.9. The third kappa shape index (κ3) is 8.38. The molecule has 0 radical (unpaired) electrons. The number of carboxylic acids is 1. The Labute approximate surface area is 179 Å². The van der Waals surface area contributed by atoms with Crippen LogP contribution in [0.1, 0.15) is 44.1 Å². The monoisotopic (exact) mass is 442 g/mol. The summed E-state index contributed by atoms with van der Waals surface area (Å²) in [6, 6.07) is 4.71. The maximum atomic E-state index is 12.7. The molecule has 4 atom stereocenters. The average molecular weight is 442 g/mol. The van der Waals surface area contributed by atoms with E-state index in [0.29, 0.717) is 25.7 Å². The summed E-state index contributed by atoms with van der Waals surface area (Å²) in [7, 11) is 0. The number of hydrogen-bond donors (Lipinski definition) is 3. The van der Waals surface area contributed by atoms with E-state index in [1.807, 2.05) is 24.3 Å². The average Bonchev–Trinajstić information content (AvgIpc) is 2.96. The van der Waals surface area contributed by atoms with E-state index in [2.05, 4.69) is 0 Å². The van der Waals surface area contributed by atoms with Crippen LogP contribution in [0.4, 0.5) is 13.2 Å². The van der Waals surface area contributed by atoms with Gasteiger partial charge < -0.3 is 20.1 Å². The van der Waals surface area contributed by atoms with E-state index in [-0.39, 0.29) is 37.0 Å². The lowest BCUT2D eigenvalue weighted by atomic mass is 9.90. The van der Waals surface area contributed by atoms with Crippen molar-refractivity contribution in [2.75, 3.05) is 6.61 Å². The van der Waals surface area contributed by atoms with Crippen molar-refractivity contribution in [2.45, 2.75) is 56.9 Å². The molecule has 3 unspecified atom stereocenters. The summed E-state index contributed by atoms with van der Waals surface area (Å²) in [4.78, 5) is 10.5. The Morgan fingerprint density at radius 2 is 1.90 bits per heavy atom. The first-order valence-electron chi connectivity index (χ1n) is 10.4. The van der Waals surface area contributed by atoms with Crippen LogP contribution in [0.25, 0.3) is 0 Å². The number of hydrogen-bond acceptors (Lipinski definition) is 4. The van der Waals surface area contributed by atoms with Crippen LogP contribution < -0.4 is 4.74 Å². The molecule has 1 aromatic carbocycles. The number of aliphatic hydroxyl groups excluding tert-OH is 2. The minimum atomic E-state index is -4.42. The quantitative estimate of drug-likeness (QED) is 0.345. The van der Waals surface area contributed by atoms with Gasteiger partial charge in [0.05, 0.1) is 24.4 Å². The van der Waals surface area contributed by atoms with Gasteiger partial charge in [-0.25, -0.2) is 0 Å². The van der Waals surface area contributed by atoms with Gasteiger partial charge in [-0.05, 0) is 49.8 Å². The first-order chi connectivity index (χ1) is 14.7. The number of unbranched alkanes of at least 4 members (excludes halogenated alkanes) is 1. The van der Waals surface area contributed by atoms with Gasteiger partial charge in [0.15, 0.2) is 0 Å². The fraction of sp³-hybridized carbons (Fsp3) is 0.522. The van der Waals surface area contributed by atoms with E-state index in [1.165, 1.54) is 12.1 Å². The van der Waals surface area contributed by atoms with E-state index >= 15 is 0 Å². The Bertz CT molecular complexity index is 760. The molecule has 0 heterocycles. The second kappa shape index (κ2) is 11.9. The van der Waals surface area contributed by atoms with Crippen molar-refractivity contribution in [1.82, 2.24) is 0 Å². The molecule has 31 heavy (non-hydrogen) atoms. The van der Waals surface area contributed by atoms with E-state index in [4.69, 9.17) is 9.84 Å². The van der Waals surface area contributed by atoms with Gasteiger partial charge in [-0.3, -0.25) is 4.79 Å². The highest BCUT2D eigenvalue weighted by Gasteiger charge is 2.39. The van der Waals surface area contributed by atoms with Crippen molar-refractivity contribution in [3.63, 3.8) is 0 Å². The summed E-state index contributed by atoms with van der Waals surface area (Å²) in [6.45, 7) is 0.192. The lowest BCUT2D eigenvalue weighted by molar-refractivity contribution is -0.138. The number of benzene rings is 1. The smallest absolute Gasteiger partial charge is 0.416 e. The number of alkyl halides is 3. The standard InChI is InChI=1S/C23H29F3O5/c24-23(25,26)16-8-7-9-17(14-16)31-13-6-5-11-19-18(20(27)15-21(19)28)10-3-1-2-4-12-22(29)30/h1,3,5,7-9,11,14,18-21,27-28H,2,4,6,10,12-13,15H2,(H,29,30)/b3-1-,11-5+/t18-,19?,20?,21?/m1/s1. The number of aliphatic carboxylic acids is 1. The van der Waals surface area contributed by atoms with Gasteiger partial charge in [-0.2, -0.15) is 13.2 Å². The summed E-state index contributed by atoms with van der Waals surface area (Å²) in [5.41, 5.74) is -0.762. The molecule has 2 rings (SSSR count). The molecular weight excluding hydrogens is 413 g/mol. The molecule has 3 N–H and O–H groups in total. The van der Waals surface area contributed by atoms with Crippen molar-refractivity contribution in [3.8, 4) is 5.75 Å². The molecule has 1 saturated carbocycles. The summed E-state index contributed by atoms with van der Waals surface area (Å²) >= 11 is 0. The number of halogens is 3. The van der Waals surface area contributed by atoms with Crippen LogP contribution in [0.3, 0.4) is 0 Å². The Morgan fingerprint density at radius 1 is 1.13 bits per heavy atom. The molecule has 0 amide bonds. The summed E-state index contributed by atoms with van der Waals surface area (Å²) in [5.74, 6) is -1.06. The SMILES string of the molecule is O=C(O)CCC/C=C\C[C@H]1C(O)CC(O)C1/C=C/CCOc1cccc(C(F)(F)F)c1. The largest absolute Gasteiger partial charge is 0.493 e. The zero-order valence-corrected chi connectivity index (χ0v) is 17.2. The van der Waals surface area contributed by atoms with Crippen molar-refractivity contribution in [1.29, 1.82) is 0 Å². The van der Waals surface area contributed by atoms with Crippen molar-refractivity contribution < 1.29 is 38.0 Å². The van der Waals surface area contributed by atoms with Crippen molar-refractivity contribution >= 4 is 5.97 Å². The zero-order valence-electron chi connectivity index (χ0n) is 17.2. The third-order valence-electron chi connectivity index (χ3n) is 5.33. The minimum absolute atomic E-state index is 0.114. The predicted octanol–water partition coefficient (Wildman–Crippen LogP) is 4.59. The van der Waals surface area contributed by atoms with E-state index in [1.54, 1.807) is 0 Å². The molecule has 0 aromatic heterocycles. The van der Waals surface area contributed by atoms with Gasteiger partial charge in [-0.1, -0.05) is 30.4 Å². The number of aliphatic hydroxyl groups is 2. The van der Waals surface area contributed by atoms with Gasteiger partial charge >= 0.3 is 12.1 Å². The molecule has 0 aliphatic heterocycles. The topological polar surface area (TPSA) is 87.0 Å². The maximum absolute atomic E-state index is 12.7. The summed E-state index contributed by atoms with van der Waals surface area (Å²) in [6.07, 6.45) is 4.35. The molecular formula is C23H29F3O5. The van der Waals surface area contributed by atoms with E-state index in [9.17, 15) is 28.2 Å². The molecule has 1 aliphatic carbocycles. The van der Waals surface area contributed by atoms with E-state index < -0.39 is 29.9 Å². The van der Waals surface area contributed by atoms with Crippen molar-refractivity contribution in [3.05, 3.63) is 54.1 Å². The molecule has 1 fully saturated rings. The fourth-order valence-electron chi connectivity index (χ4n) is 3.71. The van der Waals surface area contributed by atoms with Crippen LogP contribution >= 0.6 is 0 Å². The number of ether oxygens (including phenoxy) is 1. The molecule has 0 saturated heterocycles. The van der Waals surface area contributed by atoms with E-state index in [0.717, 1.165) is 12.1 Å². The second-order valence-corrected chi connectivity index (χ2v) is 7.70. The maximum Gasteiger partial charge on any atom is 0.416 e. The molecule has 0 bridgehead atoms. The van der Waals surface area contributed by atoms with Gasteiger partial charge in [0.2, 0.25) is 0 Å². The Kier molecular flexibility index (Phi) is 9.58. The second-order valence-electron chi connectivity index (χ2n) is 7.70. The van der Waals surface area contributed by atoms with Gasteiger partial charge in [-0.15, -0.1) is 0 Å². The Morgan fingerprint density at radius 3 is 2.61 bits per heavy atom. The summed E-state index contributed by atoms with van der Waals surface area (Å²) < 4.78 is 43.6. The normalized spacial score (nSPS) is 24.3. The number of carbonyl (C=O) groups is 1. The van der Waals surface area contributed by atoms with Crippen molar-refractivity contribution in [2.24, 2.45) is 11.8 Å². The molecule has 8 heteroatoms. The molecule has 1 aromatic rings. The highest BCUT2D eigenvalue weighted by molar-refractivity contribution is 5.66. The lowest BCUT2D eigenvalue weighted by Gasteiger charge is -2.19. The van der Waals surface area contributed by atoms with Crippen LogP contribution in [0.5, 0.6) is 5.75 Å². The molecule has 172 valence electrons. The molecule has 1 aliphatic rings. The third-order valence-corrected chi connectivity index (χ3v) is 5.33. The van der Waals surface area contributed by atoms with Crippen LogP contribution in [0.2, 0.25) is 0 Å². The number of carboxylic acid groups (broad SMARTS) is 1. The van der Waals surface area contributed by atoms with Gasteiger partial charge in [0.1, 0.15) is 5.75 Å². The van der Waals surface area contributed by atoms with Crippen LogP contribution in [-0.4, -0.2) is 40.1 Å². The lowest BCUT2D eigenvalue weighted by Crippen LogP contribution is -2.19. The fourth-order valence-corrected chi connectivity index (χ4v) is 3.71. The van der Waals surface area contributed by atoms with Crippen LogP contribution in [-0.2, 0) is 11.0 Å². The molecule has 5 nitrogen and oxygen atoms in total. The van der Waals surface area contributed by atoms with Crippen LogP contribution in [0, 0.1) is 11.8 Å². The number of allylic oxidation sites excluding steroid dienone is 2. The minimum Gasteiger partial charge on any atom is -0.493 e. The Hall–Kier alpha value is -2.32. The summed E-state index contributed by atoms with van der Waals surface area (Å²) in [5, 5.41) is 29.1. The highest BCUT2D eigenvalue weighted by atomic mass is 19.4. The van der Waals surface area contributed by atoms with Gasteiger partial charge in [0, 0.05) is 18.8 Å². The first-order valence-corrected chi connectivity index (χ1v) is 10.4. The molecule has 0 spiro atoms.